The second-order valence-electron chi connectivity index (χ2n) is 5.46. The molecule has 2 aromatic carbocycles. The number of hydrogen-bond acceptors (Lipinski definition) is 1. The summed E-state index contributed by atoms with van der Waals surface area (Å²) in [5.74, 6) is -0.0303. The first-order chi connectivity index (χ1) is 9.88. The van der Waals surface area contributed by atoms with Crippen molar-refractivity contribution in [2.24, 2.45) is 0 Å². The van der Waals surface area contributed by atoms with Gasteiger partial charge in [-0.05, 0) is 37.1 Å². The maximum absolute atomic E-state index is 12.2. The first kappa shape index (κ1) is 15.9. The van der Waals surface area contributed by atoms with Crippen LogP contribution in [0.1, 0.15) is 25.0 Å². The molecule has 0 saturated heterocycles. The lowest BCUT2D eigenvalue weighted by atomic mass is 9.94. The van der Waals surface area contributed by atoms with Crippen molar-refractivity contribution in [2.75, 3.05) is 0 Å². The maximum Gasteiger partial charge on any atom is 0.225 e. The highest BCUT2D eigenvalue weighted by Crippen LogP contribution is 2.28. The van der Waals surface area contributed by atoms with Gasteiger partial charge in [-0.1, -0.05) is 59.6 Å². The molecule has 0 radical (unpaired) electrons. The molecule has 0 bridgehead atoms. The van der Waals surface area contributed by atoms with Crippen LogP contribution in [0.4, 0.5) is 0 Å². The molecule has 2 rings (SSSR count). The van der Waals surface area contributed by atoms with E-state index in [0.29, 0.717) is 16.5 Å². The molecule has 0 aliphatic heterocycles. The Labute approximate surface area is 135 Å². The van der Waals surface area contributed by atoms with Crippen molar-refractivity contribution >= 4 is 29.1 Å². The lowest BCUT2D eigenvalue weighted by Gasteiger charge is -2.27. The number of halogens is 2. The van der Waals surface area contributed by atoms with Gasteiger partial charge < -0.3 is 5.32 Å². The number of carbonyl (C=O) groups is 1. The van der Waals surface area contributed by atoms with Gasteiger partial charge in [-0.25, -0.2) is 0 Å². The third-order valence-electron chi connectivity index (χ3n) is 3.30. The summed E-state index contributed by atoms with van der Waals surface area (Å²) >= 11 is 12.0. The van der Waals surface area contributed by atoms with Gasteiger partial charge in [0, 0.05) is 0 Å². The molecule has 2 nitrogen and oxygen atoms in total. The fraction of sp³-hybridized carbons (Fsp3) is 0.235. The summed E-state index contributed by atoms with van der Waals surface area (Å²) in [7, 11) is 0. The fourth-order valence-electron chi connectivity index (χ4n) is 2.13. The van der Waals surface area contributed by atoms with Gasteiger partial charge in [0.2, 0.25) is 5.91 Å². The van der Waals surface area contributed by atoms with Crippen LogP contribution in [0.3, 0.4) is 0 Å². The molecular formula is C17H17Cl2NO. The highest BCUT2D eigenvalue weighted by Gasteiger charge is 2.23. The smallest absolute Gasteiger partial charge is 0.225 e. The monoisotopic (exact) mass is 321 g/mol. The molecular weight excluding hydrogens is 305 g/mol. The van der Waals surface area contributed by atoms with Gasteiger partial charge in [0.15, 0.2) is 0 Å². The largest absolute Gasteiger partial charge is 0.347 e. The first-order valence-electron chi connectivity index (χ1n) is 6.69. The van der Waals surface area contributed by atoms with Gasteiger partial charge in [-0.3, -0.25) is 4.79 Å². The predicted molar refractivity (Wildman–Crippen MR) is 87.8 cm³/mol. The van der Waals surface area contributed by atoms with E-state index in [-0.39, 0.29) is 5.91 Å². The predicted octanol–water partition coefficient (Wildman–Crippen LogP) is 4.59. The molecule has 0 aliphatic rings. The molecule has 0 unspecified atom stereocenters. The first-order valence-corrected chi connectivity index (χ1v) is 7.44. The normalized spacial score (nSPS) is 11.2. The second kappa shape index (κ2) is 6.50. The van der Waals surface area contributed by atoms with Crippen molar-refractivity contribution in [1.29, 1.82) is 0 Å². The maximum atomic E-state index is 12.2. The van der Waals surface area contributed by atoms with Gasteiger partial charge in [-0.15, -0.1) is 0 Å². The molecule has 0 atom stereocenters. The van der Waals surface area contributed by atoms with E-state index in [1.807, 2.05) is 50.2 Å². The van der Waals surface area contributed by atoms with Gasteiger partial charge >= 0.3 is 0 Å². The molecule has 21 heavy (non-hydrogen) atoms. The summed E-state index contributed by atoms with van der Waals surface area (Å²) in [6.07, 6.45) is 0.353. The third-order valence-corrected chi connectivity index (χ3v) is 4.04. The summed E-state index contributed by atoms with van der Waals surface area (Å²) in [5.41, 5.74) is 1.39. The van der Waals surface area contributed by atoms with E-state index in [0.717, 1.165) is 11.1 Å². The molecule has 0 aliphatic carbocycles. The summed E-state index contributed by atoms with van der Waals surface area (Å²) < 4.78 is 0. The van der Waals surface area contributed by atoms with E-state index in [2.05, 4.69) is 5.32 Å². The molecule has 4 heteroatoms. The Kier molecular flexibility index (Phi) is 4.92. The Hall–Kier alpha value is -1.51. The van der Waals surface area contributed by atoms with Crippen LogP contribution in [-0.4, -0.2) is 5.91 Å². The molecule has 0 fully saturated rings. The van der Waals surface area contributed by atoms with Gasteiger partial charge in [0.05, 0.1) is 22.0 Å². The number of benzene rings is 2. The number of nitrogens with one attached hydrogen (secondary N) is 1. The Balaban J connectivity index is 2.09. The van der Waals surface area contributed by atoms with Crippen LogP contribution in [0.15, 0.2) is 48.5 Å². The highest BCUT2D eigenvalue weighted by atomic mass is 35.5. The topological polar surface area (TPSA) is 29.1 Å². The van der Waals surface area contributed by atoms with Crippen molar-refractivity contribution in [3.8, 4) is 0 Å². The minimum absolute atomic E-state index is 0.0303. The Bertz CT molecular complexity index is 638. The quantitative estimate of drug-likeness (QED) is 0.876. The fourth-order valence-corrected chi connectivity index (χ4v) is 2.43. The lowest BCUT2D eigenvalue weighted by molar-refractivity contribution is -0.122. The van der Waals surface area contributed by atoms with Crippen molar-refractivity contribution in [3.05, 3.63) is 69.7 Å². The minimum atomic E-state index is -0.514. The highest BCUT2D eigenvalue weighted by molar-refractivity contribution is 6.42. The summed E-state index contributed by atoms with van der Waals surface area (Å²) in [6.45, 7) is 3.88. The van der Waals surface area contributed by atoms with E-state index in [1.54, 1.807) is 12.1 Å². The Morgan fingerprint density at radius 3 is 2.33 bits per heavy atom. The van der Waals surface area contributed by atoms with Gasteiger partial charge in [0.1, 0.15) is 0 Å². The number of rotatable bonds is 4. The molecule has 0 spiro atoms. The minimum Gasteiger partial charge on any atom is -0.347 e. The molecule has 0 heterocycles. The van der Waals surface area contributed by atoms with E-state index < -0.39 is 5.54 Å². The molecule has 110 valence electrons. The van der Waals surface area contributed by atoms with E-state index in [9.17, 15) is 4.79 Å². The average molecular weight is 322 g/mol. The summed E-state index contributed by atoms with van der Waals surface area (Å²) in [6, 6.07) is 15.0. The van der Waals surface area contributed by atoms with Crippen LogP contribution >= 0.6 is 23.2 Å². The van der Waals surface area contributed by atoms with Crippen LogP contribution in [0.25, 0.3) is 0 Å². The number of hydrogen-bond donors (Lipinski definition) is 1. The van der Waals surface area contributed by atoms with Crippen molar-refractivity contribution in [1.82, 2.24) is 5.32 Å². The van der Waals surface area contributed by atoms with Crippen LogP contribution in [0.5, 0.6) is 0 Å². The van der Waals surface area contributed by atoms with Crippen LogP contribution in [-0.2, 0) is 16.8 Å². The van der Waals surface area contributed by atoms with Crippen molar-refractivity contribution in [3.63, 3.8) is 0 Å². The summed E-state index contributed by atoms with van der Waals surface area (Å²) in [5, 5.41) is 4.02. The van der Waals surface area contributed by atoms with E-state index in [4.69, 9.17) is 23.2 Å². The zero-order chi connectivity index (χ0) is 15.5. The lowest BCUT2D eigenvalue weighted by Crippen LogP contribution is -2.41. The SMILES string of the molecule is CC(C)(NC(=O)Cc1ccccc1)c1ccc(Cl)c(Cl)c1. The molecule has 0 saturated carbocycles. The van der Waals surface area contributed by atoms with Crippen molar-refractivity contribution < 1.29 is 4.79 Å². The van der Waals surface area contributed by atoms with E-state index >= 15 is 0 Å². The van der Waals surface area contributed by atoms with Crippen LogP contribution < -0.4 is 5.32 Å². The zero-order valence-electron chi connectivity index (χ0n) is 12.0. The number of carbonyl (C=O) groups excluding carboxylic acids is 1. The molecule has 1 N–H and O–H groups in total. The Morgan fingerprint density at radius 2 is 1.71 bits per heavy atom. The molecule has 2 aromatic rings. The molecule has 1 amide bonds. The molecule has 0 aromatic heterocycles. The third kappa shape index (κ3) is 4.23. The summed E-state index contributed by atoms with van der Waals surface area (Å²) in [4.78, 5) is 12.2. The average Bonchev–Trinajstić information content (AvgIpc) is 2.42. The Morgan fingerprint density at radius 1 is 1.05 bits per heavy atom. The van der Waals surface area contributed by atoms with Gasteiger partial charge in [-0.2, -0.15) is 0 Å². The van der Waals surface area contributed by atoms with E-state index in [1.165, 1.54) is 0 Å². The van der Waals surface area contributed by atoms with Crippen LogP contribution in [0, 0.1) is 0 Å². The second-order valence-corrected chi connectivity index (χ2v) is 6.28. The standard InChI is InChI=1S/C17H17Cl2NO/c1-17(2,13-8-9-14(18)15(19)11-13)20-16(21)10-12-6-4-3-5-7-12/h3-9,11H,10H2,1-2H3,(H,20,21). The van der Waals surface area contributed by atoms with Gasteiger partial charge in [0.25, 0.3) is 0 Å². The zero-order valence-corrected chi connectivity index (χ0v) is 13.5. The number of amides is 1. The van der Waals surface area contributed by atoms with Crippen molar-refractivity contribution in [2.45, 2.75) is 25.8 Å². The van der Waals surface area contributed by atoms with Crippen LogP contribution in [0.2, 0.25) is 10.0 Å².